The van der Waals surface area contributed by atoms with E-state index in [0.29, 0.717) is 6.42 Å². The summed E-state index contributed by atoms with van der Waals surface area (Å²) in [4.78, 5) is 26.9. The van der Waals surface area contributed by atoms with Gasteiger partial charge in [0.05, 0.1) is 16.0 Å². The lowest BCUT2D eigenvalue weighted by molar-refractivity contribution is -0.141. The number of hydrogen-bond donors (Lipinski definition) is 2. The Bertz CT molecular complexity index is 594. The highest BCUT2D eigenvalue weighted by molar-refractivity contribution is 8.01. The van der Waals surface area contributed by atoms with Crippen LogP contribution in [0.3, 0.4) is 0 Å². The Morgan fingerprint density at radius 2 is 2.20 bits per heavy atom. The van der Waals surface area contributed by atoms with Crippen molar-refractivity contribution in [3.63, 3.8) is 0 Å². The van der Waals surface area contributed by atoms with Gasteiger partial charge in [0.1, 0.15) is 6.04 Å². The first-order valence-corrected chi connectivity index (χ1v) is 7.91. The fourth-order valence-corrected chi connectivity index (χ4v) is 3.49. The number of aromatic nitrogens is 1. The number of para-hydroxylation sites is 1. The number of benzene rings is 1. The summed E-state index contributed by atoms with van der Waals surface area (Å²) >= 11 is 2.85. The summed E-state index contributed by atoms with van der Waals surface area (Å²) in [5.74, 6) is -1.13. The quantitative estimate of drug-likeness (QED) is 0.801. The molecule has 2 N–H and O–H groups in total. The lowest BCUT2D eigenvalue weighted by atomic mass is 10.2. The first-order chi connectivity index (χ1) is 9.60. The molecule has 20 heavy (non-hydrogen) atoms. The molecule has 1 aromatic heterocycles. The van der Waals surface area contributed by atoms with Gasteiger partial charge in [-0.1, -0.05) is 30.8 Å². The molecule has 0 radical (unpaired) electrons. The van der Waals surface area contributed by atoms with Gasteiger partial charge in [-0.2, -0.15) is 0 Å². The van der Waals surface area contributed by atoms with Gasteiger partial charge in [-0.3, -0.25) is 4.79 Å². The lowest BCUT2D eigenvalue weighted by Crippen LogP contribution is -2.41. The summed E-state index contributed by atoms with van der Waals surface area (Å²) in [6.07, 6.45) is 0.368. The number of nitrogens with one attached hydrogen (secondary N) is 1. The molecule has 0 bridgehead atoms. The second-order valence-corrected chi connectivity index (χ2v) is 6.36. The average Bonchev–Trinajstić information content (AvgIpc) is 2.85. The molecule has 0 aliphatic heterocycles. The molecule has 2 aromatic rings. The van der Waals surface area contributed by atoms with E-state index in [0.717, 1.165) is 14.6 Å². The number of carbonyl (C=O) groups excluding carboxylic acids is 1. The standard InChI is InChI=1S/C13H14N2O3S2/c1-2-8(12(17)18)14-11(16)7-19-13-15-9-5-3-4-6-10(9)20-13/h3-6,8H,2,7H2,1H3,(H,14,16)(H,17,18)/t8-/m0/s1. The van der Waals surface area contributed by atoms with E-state index >= 15 is 0 Å². The molecule has 5 nitrogen and oxygen atoms in total. The van der Waals surface area contributed by atoms with Crippen molar-refractivity contribution < 1.29 is 14.7 Å². The molecule has 1 amide bonds. The molecule has 1 heterocycles. The molecule has 0 unspecified atom stereocenters. The molecular weight excluding hydrogens is 296 g/mol. The van der Waals surface area contributed by atoms with E-state index in [1.54, 1.807) is 6.92 Å². The van der Waals surface area contributed by atoms with Crippen LogP contribution in [0.15, 0.2) is 28.6 Å². The summed E-state index contributed by atoms with van der Waals surface area (Å²) in [5, 5.41) is 11.4. The Morgan fingerprint density at radius 1 is 1.45 bits per heavy atom. The number of hydrogen-bond acceptors (Lipinski definition) is 5. The highest BCUT2D eigenvalue weighted by Gasteiger charge is 2.17. The minimum Gasteiger partial charge on any atom is -0.480 e. The SMILES string of the molecule is CC[C@H](NC(=O)CSc1nc2ccccc2s1)C(=O)O. The van der Waals surface area contributed by atoms with Gasteiger partial charge < -0.3 is 10.4 Å². The molecule has 0 saturated heterocycles. The number of carboxylic acids is 1. The van der Waals surface area contributed by atoms with Gasteiger partial charge in [0.2, 0.25) is 5.91 Å². The van der Waals surface area contributed by atoms with Gasteiger partial charge in [0, 0.05) is 0 Å². The fraction of sp³-hybridized carbons (Fsp3) is 0.308. The van der Waals surface area contributed by atoms with E-state index in [1.807, 2.05) is 24.3 Å². The van der Waals surface area contributed by atoms with Crippen LogP contribution in [0, 0.1) is 0 Å². The van der Waals surface area contributed by atoms with Gasteiger partial charge in [0.25, 0.3) is 0 Å². The highest BCUT2D eigenvalue weighted by Crippen LogP contribution is 2.28. The number of rotatable bonds is 6. The van der Waals surface area contributed by atoms with Crippen molar-refractivity contribution >= 4 is 45.2 Å². The molecule has 106 valence electrons. The third-order valence-corrected chi connectivity index (χ3v) is 4.82. The molecule has 7 heteroatoms. The summed E-state index contributed by atoms with van der Waals surface area (Å²) in [7, 11) is 0. The van der Waals surface area contributed by atoms with Crippen LogP contribution < -0.4 is 5.32 Å². The Hall–Kier alpha value is -1.60. The average molecular weight is 310 g/mol. The first kappa shape index (κ1) is 14.8. The zero-order valence-electron chi connectivity index (χ0n) is 10.8. The molecule has 0 aliphatic rings. The summed E-state index contributed by atoms with van der Waals surface area (Å²) < 4.78 is 1.89. The Balaban J connectivity index is 1.91. The maximum Gasteiger partial charge on any atom is 0.326 e. The Kier molecular flexibility index (Phi) is 4.97. The van der Waals surface area contributed by atoms with E-state index < -0.39 is 12.0 Å². The minimum absolute atomic E-state index is 0.170. The smallest absolute Gasteiger partial charge is 0.326 e. The fourth-order valence-electron chi connectivity index (χ4n) is 1.61. The number of thioether (sulfide) groups is 1. The van der Waals surface area contributed by atoms with Gasteiger partial charge in [-0.25, -0.2) is 9.78 Å². The largest absolute Gasteiger partial charge is 0.480 e. The van der Waals surface area contributed by atoms with Crippen LogP contribution in [0.5, 0.6) is 0 Å². The number of nitrogens with zero attached hydrogens (tertiary/aromatic N) is 1. The predicted molar refractivity (Wildman–Crippen MR) is 80.2 cm³/mol. The van der Waals surface area contributed by atoms with E-state index in [2.05, 4.69) is 10.3 Å². The number of thiazole rings is 1. The van der Waals surface area contributed by atoms with Crippen molar-refractivity contribution in [2.45, 2.75) is 23.7 Å². The van der Waals surface area contributed by atoms with Crippen LogP contribution in [0.4, 0.5) is 0 Å². The van der Waals surface area contributed by atoms with Gasteiger partial charge in [0.15, 0.2) is 4.34 Å². The molecule has 0 aliphatic carbocycles. The van der Waals surface area contributed by atoms with Crippen molar-refractivity contribution in [2.24, 2.45) is 0 Å². The summed E-state index contributed by atoms with van der Waals surface area (Å²) in [6, 6.07) is 6.95. The maximum absolute atomic E-state index is 11.7. The normalized spacial score (nSPS) is 12.2. The molecule has 0 saturated carbocycles. The van der Waals surface area contributed by atoms with Crippen molar-refractivity contribution in [1.29, 1.82) is 0 Å². The van der Waals surface area contributed by atoms with E-state index in [1.165, 1.54) is 23.1 Å². The third-order valence-electron chi connectivity index (χ3n) is 2.64. The number of fused-ring (bicyclic) bond motifs is 1. The molecule has 2 rings (SSSR count). The number of amides is 1. The van der Waals surface area contributed by atoms with Crippen LogP contribution in [-0.4, -0.2) is 33.8 Å². The zero-order valence-corrected chi connectivity index (χ0v) is 12.5. The molecule has 1 aromatic carbocycles. The van der Waals surface area contributed by atoms with Crippen LogP contribution in [-0.2, 0) is 9.59 Å². The minimum atomic E-state index is -1.01. The topological polar surface area (TPSA) is 79.3 Å². The zero-order chi connectivity index (χ0) is 14.5. The van der Waals surface area contributed by atoms with Gasteiger partial charge in [-0.15, -0.1) is 11.3 Å². The van der Waals surface area contributed by atoms with Crippen LogP contribution in [0.25, 0.3) is 10.2 Å². The second-order valence-electron chi connectivity index (χ2n) is 4.10. The summed E-state index contributed by atoms with van der Waals surface area (Å²) in [6.45, 7) is 1.72. The van der Waals surface area contributed by atoms with E-state index in [4.69, 9.17) is 5.11 Å². The van der Waals surface area contributed by atoms with Crippen molar-refractivity contribution in [3.8, 4) is 0 Å². The van der Waals surface area contributed by atoms with Crippen LogP contribution >= 0.6 is 23.1 Å². The Morgan fingerprint density at radius 3 is 2.85 bits per heavy atom. The van der Waals surface area contributed by atoms with Gasteiger partial charge >= 0.3 is 5.97 Å². The Labute approximate surface area is 124 Å². The monoisotopic (exact) mass is 310 g/mol. The third kappa shape index (κ3) is 3.71. The molecule has 0 fully saturated rings. The van der Waals surface area contributed by atoms with Crippen molar-refractivity contribution in [3.05, 3.63) is 24.3 Å². The van der Waals surface area contributed by atoms with E-state index in [-0.39, 0.29) is 11.7 Å². The highest BCUT2D eigenvalue weighted by atomic mass is 32.2. The number of carboxylic acid groups (broad SMARTS) is 1. The lowest BCUT2D eigenvalue weighted by Gasteiger charge is -2.11. The molecular formula is C13H14N2O3S2. The second kappa shape index (κ2) is 6.71. The molecule has 0 spiro atoms. The molecule has 1 atom stereocenters. The van der Waals surface area contributed by atoms with Crippen LogP contribution in [0.1, 0.15) is 13.3 Å². The van der Waals surface area contributed by atoms with E-state index in [9.17, 15) is 9.59 Å². The van der Waals surface area contributed by atoms with Gasteiger partial charge in [-0.05, 0) is 18.6 Å². The summed E-state index contributed by atoms with van der Waals surface area (Å²) in [5.41, 5.74) is 0.914. The number of carbonyl (C=O) groups is 2. The first-order valence-electron chi connectivity index (χ1n) is 6.10. The van der Waals surface area contributed by atoms with Crippen molar-refractivity contribution in [1.82, 2.24) is 10.3 Å². The van der Waals surface area contributed by atoms with Crippen LogP contribution in [0.2, 0.25) is 0 Å². The predicted octanol–water partition coefficient (Wildman–Crippen LogP) is 2.37. The van der Waals surface area contributed by atoms with Crippen molar-refractivity contribution in [2.75, 3.05) is 5.75 Å². The maximum atomic E-state index is 11.7. The number of aliphatic carboxylic acids is 1.